The quantitative estimate of drug-likeness (QED) is 0.599. The first-order valence-electron chi connectivity index (χ1n) is 6.70. The summed E-state index contributed by atoms with van der Waals surface area (Å²) in [6.45, 7) is 8.00. The summed E-state index contributed by atoms with van der Waals surface area (Å²) in [5, 5.41) is 20.2. The number of hydrogen-bond donors (Lipinski definition) is 2. The van der Waals surface area contributed by atoms with Gasteiger partial charge in [-0.25, -0.2) is 0 Å². The third kappa shape index (κ3) is 2.47. The molecule has 0 unspecified atom stereocenters. The molecule has 106 valence electrons. The van der Waals surface area contributed by atoms with E-state index in [4.69, 9.17) is 4.74 Å². The molecule has 2 N–H and O–H groups in total. The highest BCUT2D eigenvalue weighted by molar-refractivity contribution is 5.72. The van der Waals surface area contributed by atoms with Crippen LogP contribution in [-0.4, -0.2) is 35.5 Å². The summed E-state index contributed by atoms with van der Waals surface area (Å²) in [7, 11) is 0. The molecular weight excluding hydrogens is 244 g/mol. The van der Waals surface area contributed by atoms with Crippen molar-refractivity contribution < 1.29 is 19.7 Å². The van der Waals surface area contributed by atoms with Crippen LogP contribution in [0.25, 0.3) is 0 Å². The molecule has 2 aliphatic rings. The molecule has 3 atom stereocenters. The SMILES string of the molecule is C=C[C@@H]1CC(C)(C)[C@H](O)/C1=C(\CO)[C@H]1COC(=O)C1. The van der Waals surface area contributed by atoms with E-state index in [1.165, 1.54) is 0 Å². The van der Waals surface area contributed by atoms with Gasteiger partial charge in [-0.1, -0.05) is 19.9 Å². The van der Waals surface area contributed by atoms with Gasteiger partial charge in [-0.2, -0.15) is 0 Å². The molecule has 19 heavy (non-hydrogen) atoms. The second-order valence-corrected chi connectivity index (χ2v) is 6.16. The average Bonchev–Trinajstić information content (AvgIpc) is 2.87. The molecule has 0 spiro atoms. The number of aliphatic hydroxyl groups is 2. The predicted octanol–water partition coefficient (Wildman–Crippen LogP) is 1.43. The summed E-state index contributed by atoms with van der Waals surface area (Å²) in [5.41, 5.74) is 1.36. The molecule has 1 saturated carbocycles. The molecule has 0 aromatic heterocycles. The molecule has 0 radical (unpaired) electrons. The van der Waals surface area contributed by atoms with Gasteiger partial charge in [-0.15, -0.1) is 6.58 Å². The van der Waals surface area contributed by atoms with Crippen LogP contribution < -0.4 is 0 Å². The van der Waals surface area contributed by atoms with E-state index in [2.05, 4.69) is 6.58 Å². The largest absolute Gasteiger partial charge is 0.465 e. The number of cyclic esters (lactones) is 1. The average molecular weight is 266 g/mol. The lowest BCUT2D eigenvalue weighted by atomic mass is 9.85. The van der Waals surface area contributed by atoms with Crippen molar-refractivity contribution in [1.29, 1.82) is 0 Å². The van der Waals surface area contributed by atoms with Crippen molar-refractivity contribution in [1.82, 2.24) is 0 Å². The lowest BCUT2D eigenvalue weighted by molar-refractivity contribution is -0.137. The fourth-order valence-electron chi connectivity index (χ4n) is 3.23. The molecular formula is C15H22O4. The minimum Gasteiger partial charge on any atom is -0.465 e. The molecule has 1 aliphatic heterocycles. The number of allylic oxidation sites excluding steroid dienone is 1. The Morgan fingerprint density at radius 2 is 2.26 bits per heavy atom. The zero-order valence-corrected chi connectivity index (χ0v) is 11.6. The number of carbonyl (C=O) groups is 1. The first-order valence-corrected chi connectivity index (χ1v) is 6.70. The van der Waals surface area contributed by atoms with Gasteiger partial charge in [0, 0.05) is 11.8 Å². The zero-order chi connectivity index (χ0) is 14.2. The van der Waals surface area contributed by atoms with Gasteiger partial charge in [0.15, 0.2) is 0 Å². The summed E-state index contributed by atoms with van der Waals surface area (Å²) in [5.74, 6) is -0.292. The second-order valence-electron chi connectivity index (χ2n) is 6.16. The maximum atomic E-state index is 11.2. The van der Waals surface area contributed by atoms with Gasteiger partial charge in [-0.05, 0) is 23.0 Å². The van der Waals surface area contributed by atoms with Crippen molar-refractivity contribution in [3.63, 3.8) is 0 Å². The Morgan fingerprint density at radius 3 is 2.74 bits per heavy atom. The van der Waals surface area contributed by atoms with Gasteiger partial charge in [0.1, 0.15) is 0 Å². The fraction of sp³-hybridized carbons (Fsp3) is 0.667. The zero-order valence-electron chi connectivity index (χ0n) is 11.6. The first kappa shape index (κ1) is 14.3. The normalized spacial score (nSPS) is 36.2. The summed E-state index contributed by atoms with van der Waals surface area (Å²) in [6.07, 6.45) is 2.31. The molecule has 0 aromatic carbocycles. The molecule has 1 heterocycles. The second kappa shape index (κ2) is 5.10. The van der Waals surface area contributed by atoms with Crippen molar-refractivity contribution in [2.75, 3.05) is 13.2 Å². The van der Waals surface area contributed by atoms with Crippen LogP contribution in [0.3, 0.4) is 0 Å². The molecule has 0 bridgehead atoms. The Morgan fingerprint density at radius 1 is 1.58 bits per heavy atom. The number of aliphatic hydroxyl groups excluding tert-OH is 2. The van der Waals surface area contributed by atoms with Crippen molar-refractivity contribution in [2.45, 2.75) is 32.8 Å². The smallest absolute Gasteiger partial charge is 0.306 e. The Bertz CT molecular complexity index is 422. The van der Waals surface area contributed by atoms with Crippen LogP contribution in [0.15, 0.2) is 23.8 Å². The van der Waals surface area contributed by atoms with E-state index in [0.29, 0.717) is 6.61 Å². The number of esters is 1. The van der Waals surface area contributed by atoms with E-state index in [9.17, 15) is 15.0 Å². The highest BCUT2D eigenvalue weighted by atomic mass is 16.5. The van der Waals surface area contributed by atoms with Crippen molar-refractivity contribution in [2.24, 2.45) is 17.3 Å². The summed E-state index contributed by atoms with van der Waals surface area (Å²) in [4.78, 5) is 11.2. The van der Waals surface area contributed by atoms with Gasteiger partial charge in [0.05, 0.1) is 25.7 Å². The van der Waals surface area contributed by atoms with Gasteiger partial charge in [0.25, 0.3) is 0 Å². The van der Waals surface area contributed by atoms with E-state index >= 15 is 0 Å². The van der Waals surface area contributed by atoms with Crippen LogP contribution in [0.1, 0.15) is 26.7 Å². The van der Waals surface area contributed by atoms with E-state index in [-0.39, 0.29) is 36.2 Å². The van der Waals surface area contributed by atoms with Gasteiger partial charge >= 0.3 is 5.97 Å². The van der Waals surface area contributed by atoms with Gasteiger partial charge < -0.3 is 14.9 Å². The molecule has 4 heteroatoms. The van der Waals surface area contributed by atoms with Crippen LogP contribution in [0.2, 0.25) is 0 Å². The maximum absolute atomic E-state index is 11.2. The van der Waals surface area contributed by atoms with Crippen molar-refractivity contribution in [3.05, 3.63) is 23.8 Å². The predicted molar refractivity (Wildman–Crippen MR) is 71.3 cm³/mol. The molecule has 4 nitrogen and oxygen atoms in total. The molecule has 1 saturated heterocycles. The highest BCUT2D eigenvalue weighted by Gasteiger charge is 2.45. The number of carbonyl (C=O) groups excluding carboxylic acids is 1. The third-order valence-electron chi connectivity index (χ3n) is 4.36. The lowest BCUT2D eigenvalue weighted by Gasteiger charge is -2.24. The van der Waals surface area contributed by atoms with E-state index < -0.39 is 6.10 Å². The standard InChI is InChI=1S/C15H22O4/c1-4-9-6-15(2,3)14(18)13(9)11(7-16)10-5-12(17)19-8-10/h4,9-10,14,16,18H,1,5-8H2,2-3H3/b13-11+/t9-,10-,14-/m1/s1. The topological polar surface area (TPSA) is 66.8 Å². The number of hydrogen-bond acceptors (Lipinski definition) is 4. The fourth-order valence-corrected chi connectivity index (χ4v) is 3.23. The van der Waals surface area contributed by atoms with E-state index in [1.54, 1.807) is 0 Å². The molecule has 2 rings (SSSR count). The molecule has 0 amide bonds. The van der Waals surface area contributed by atoms with Crippen LogP contribution in [0.5, 0.6) is 0 Å². The van der Waals surface area contributed by atoms with E-state index in [0.717, 1.165) is 17.6 Å². The maximum Gasteiger partial charge on any atom is 0.306 e. The van der Waals surface area contributed by atoms with Crippen LogP contribution in [-0.2, 0) is 9.53 Å². The molecule has 0 aromatic rings. The van der Waals surface area contributed by atoms with Crippen molar-refractivity contribution in [3.8, 4) is 0 Å². The van der Waals surface area contributed by atoms with Gasteiger partial charge in [-0.3, -0.25) is 4.79 Å². The van der Waals surface area contributed by atoms with Gasteiger partial charge in [0.2, 0.25) is 0 Å². The van der Waals surface area contributed by atoms with Crippen LogP contribution in [0, 0.1) is 17.3 Å². The minimum atomic E-state index is -0.603. The Labute approximate surface area is 113 Å². The Hall–Kier alpha value is -1.13. The monoisotopic (exact) mass is 266 g/mol. The summed E-state index contributed by atoms with van der Waals surface area (Å²) >= 11 is 0. The molecule has 2 fully saturated rings. The minimum absolute atomic E-state index is 0.0582. The first-order chi connectivity index (χ1) is 8.90. The van der Waals surface area contributed by atoms with Crippen LogP contribution >= 0.6 is 0 Å². The van der Waals surface area contributed by atoms with E-state index in [1.807, 2.05) is 19.9 Å². The summed E-state index contributed by atoms with van der Waals surface area (Å²) in [6, 6.07) is 0. The summed E-state index contributed by atoms with van der Waals surface area (Å²) < 4.78 is 4.97. The van der Waals surface area contributed by atoms with Crippen molar-refractivity contribution >= 4 is 5.97 Å². The molecule has 1 aliphatic carbocycles. The van der Waals surface area contributed by atoms with Crippen LogP contribution in [0.4, 0.5) is 0 Å². The lowest BCUT2D eigenvalue weighted by Crippen LogP contribution is -2.26. The number of rotatable bonds is 3. The number of ether oxygens (including phenoxy) is 1. The Balaban J connectivity index is 2.40. The Kier molecular flexibility index (Phi) is 3.83. The third-order valence-corrected chi connectivity index (χ3v) is 4.36. The highest BCUT2D eigenvalue weighted by Crippen LogP contribution is 2.48.